The van der Waals surface area contributed by atoms with Gasteiger partial charge in [-0.3, -0.25) is 0 Å². The van der Waals surface area contributed by atoms with Crippen molar-refractivity contribution in [1.82, 2.24) is 0 Å². The smallest absolute Gasteiger partial charge is 0.137 e. The molecule has 0 radical (unpaired) electrons. The van der Waals surface area contributed by atoms with Gasteiger partial charge in [-0.2, -0.15) is 5.26 Å². The van der Waals surface area contributed by atoms with Crippen LogP contribution in [0.1, 0.15) is 83.2 Å². The highest BCUT2D eigenvalue weighted by Gasteiger charge is 2.40. The predicted octanol–water partition coefficient (Wildman–Crippen LogP) is 15.9. The number of thiophene rings is 1. The maximum atomic E-state index is 9.63. The van der Waals surface area contributed by atoms with Gasteiger partial charge in [0.25, 0.3) is 0 Å². The molecule has 10 rings (SSSR count). The molecule has 9 aromatic rings. The molecule has 1 aliphatic rings. The van der Waals surface area contributed by atoms with Crippen LogP contribution in [0.5, 0.6) is 0 Å². The van der Waals surface area contributed by atoms with Crippen LogP contribution in [-0.2, 0) is 16.2 Å². The third kappa shape index (κ3) is 5.52. The maximum Gasteiger partial charge on any atom is 0.137 e. The van der Waals surface area contributed by atoms with Crippen molar-refractivity contribution in [1.29, 1.82) is 5.26 Å². The first-order valence-corrected chi connectivity index (χ1v) is 21.0. The van der Waals surface area contributed by atoms with Crippen LogP contribution in [0.2, 0.25) is 0 Å². The van der Waals surface area contributed by atoms with Crippen LogP contribution in [0.15, 0.2) is 138 Å². The summed E-state index contributed by atoms with van der Waals surface area (Å²) in [5.41, 5.74) is 15.5. The van der Waals surface area contributed by atoms with Crippen LogP contribution < -0.4 is 4.90 Å². The number of nitrogens with zero attached hydrogens (tertiary/aromatic N) is 2. The van der Waals surface area contributed by atoms with Gasteiger partial charge in [0, 0.05) is 59.4 Å². The van der Waals surface area contributed by atoms with E-state index in [9.17, 15) is 5.26 Å². The van der Waals surface area contributed by atoms with Gasteiger partial charge in [-0.15, -0.1) is 11.3 Å². The molecule has 0 amide bonds. The van der Waals surface area contributed by atoms with E-state index in [1.807, 2.05) is 41.7 Å². The highest BCUT2D eigenvalue weighted by Crippen LogP contribution is 2.59. The molecular weight excluding hydrogens is 725 g/mol. The zero-order chi connectivity index (χ0) is 40.3. The molecule has 58 heavy (non-hydrogen) atoms. The Labute approximate surface area is 344 Å². The summed E-state index contributed by atoms with van der Waals surface area (Å²) in [5, 5.41) is 14.6. The van der Waals surface area contributed by atoms with Gasteiger partial charge in [0.1, 0.15) is 11.2 Å². The molecule has 0 spiro atoms. The van der Waals surface area contributed by atoms with Gasteiger partial charge in [-0.1, -0.05) is 122 Å². The standard InChI is InChI=1S/C54H46N2OS/c1-52(2,3)35-28-40-48-47(58-51(40)43(29-35)53(4,5)6)26-25-42-50(48)49-41(54(42,7)8)16-12-17-44(49)56(36-21-19-33(20-22-36)34-14-11-13-32(27-34)31-55)37-23-24-39-38-15-9-10-18-45(38)57-46(39)30-37/h9-30H,1-8H3. The molecule has 7 aromatic carbocycles. The minimum absolute atomic E-state index is 0.00305. The number of fused-ring (bicyclic) bond motifs is 10. The first-order chi connectivity index (χ1) is 27.7. The van der Waals surface area contributed by atoms with Gasteiger partial charge in [-0.05, 0) is 110 Å². The van der Waals surface area contributed by atoms with E-state index in [0.717, 1.165) is 50.1 Å². The molecule has 0 atom stereocenters. The van der Waals surface area contributed by atoms with Crippen molar-refractivity contribution in [2.75, 3.05) is 4.90 Å². The van der Waals surface area contributed by atoms with Crippen molar-refractivity contribution in [2.24, 2.45) is 0 Å². The lowest BCUT2D eigenvalue weighted by atomic mass is 9.79. The van der Waals surface area contributed by atoms with Crippen molar-refractivity contribution < 1.29 is 4.42 Å². The fraction of sp³-hybridized carbons (Fsp3) is 0.204. The topological polar surface area (TPSA) is 40.2 Å². The Morgan fingerprint density at radius 3 is 2.09 bits per heavy atom. The Kier molecular flexibility index (Phi) is 7.91. The van der Waals surface area contributed by atoms with Gasteiger partial charge in [-0.25, -0.2) is 0 Å². The third-order valence-electron chi connectivity index (χ3n) is 12.4. The number of para-hydroxylation sites is 1. The molecule has 0 saturated carbocycles. The molecule has 0 saturated heterocycles. The van der Waals surface area contributed by atoms with E-state index < -0.39 is 0 Å². The summed E-state index contributed by atoms with van der Waals surface area (Å²) in [6.07, 6.45) is 0. The van der Waals surface area contributed by atoms with Gasteiger partial charge < -0.3 is 9.32 Å². The van der Waals surface area contributed by atoms with Crippen molar-refractivity contribution in [3.05, 3.63) is 161 Å². The lowest BCUT2D eigenvalue weighted by Crippen LogP contribution is -2.16. The monoisotopic (exact) mass is 770 g/mol. The number of anilines is 3. The Morgan fingerprint density at radius 1 is 0.603 bits per heavy atom. The second-order valence-electron chi connectivity index (χ2n) is 18.5. The van der Waals surface area contributed by atoms with Crippen molar-refractivity contribution in [3.8, 4) is 28.3 Å². The van der Waals surface area contributed by atoms with Crippen molar-refractivity contribution in [3.63, 3.8) is 0 Å². The summed E-state index contributed by atoms with van der Waals surface area (Å²) in [4.78, 5) is 2.42. The number of furan rings is 1. The first-order valence-electron chi connectivity index (χ1n) is 20.2. The summed E-state index contributed by atoms with van der Waals surface area (Å²) in [5.74, 6) is 0. The van der Waals surface area contributed by atoms with Crippen LogP contribution in [-0.4, -0.2) is 0 Å². The average molecular weight is 771 g/mol. The molecule has 0 unspecified atom stereocenters. The Bertz CT molecular complexity index is 3170. The number of rotatable bonds is 4. The Morgan fingerprint density at radius 2 is 1.33 bits per heavy atom. The molecular formula is C54H46N2OS. The minimum Gasteiger partial charge on any atom is -0.456 e. The van der Waals surface area contributed by atoms with Crippen LogP contribution in [0, 0.1) is 11.3 Å². The van der Waals surface area contributed by atoms with Crippen LogP contribution in [0.4, 0.5) is 17.1 Å². The average Bonchev–Trinajstić information content (AvgIpc) is 3.84. The van der Waals surface area contributed by atoms with E-state index in [2.05, 4.69) is 169 Å². The minimum atomic E-state index is -0.221. The predicted molar refractivity (Wildman–Crippen MR) is 246 cm³/mol. The summed E-state index contributed by atoms with van der Waals surface area (Å²) in [7, 11) is 0. The van der Waals surface area contributed by atoms with Crippen molar-refractivity contribution >= 4 is 70.5 Å². The molecule has 0 bridgehead atoms. The first kappa shape index (κ1) is 36.2. The quantitative estimate of drug-likeness (QED) is 0.179. The van der Waals surface area contributed by atoms with E-state index in [-0.39, 0.29) is 16.2 Å². The van der Waals surface area contributed by atoms with E-state index >= 15 is 0 Å². The van der Waals surface area contributed by atoms with Gasteiger partial charge >= 0.3 is 0 Å². The van der Waals surface area contributed by atoms with E-state index in [4.69, 9.17) is 4.42 Å². The molecule has 2 aromatic heterocycles. The van der Waals surface area contributed by atoms with Crippen molar-refractivity contribution in [2.45, 2.75) is 71.6 Å². The van der Waals surface area contributed by atoms with Gasteiger partial charge in [0.2, 0.25) is 0 Å². The number of benzene rings is 7. The maximum absolute atomic E-state index is 9.63. The largest absolute Gasteiger partial charge is 0.456 e. The van der Waals surface area contributed by atoms with E-state index in [1.54, 1.807) is 0 Å². The molecule has 3 nitrogen and oxygen atoms in total. The lowest BCUT2D eigenvalue weighted by Gasteiger charge is -2.29. The molecule has 0 N–H and O–H groups in total. The highest BCUT2D eigenvalue weighted by atomic mass is 32.1. The summed E-state index contributed by atoms with van der Waals surface area (Å²) in [6, 6.07) is 50.4. The SMILES string of the molecule is CC(C)(C)c1cc(C(C)(C)C)c2sc3ccc4c(c3c2c1)-c1c(N(c2ccc(-c3cccc(C#N)c3)cc2)c2ccc3c(c2)oc2ccccc23)cccc1C4(C)C. The number of nitriles is 1. The van der Waals surface area contributed by atoms with E-state index in [0.29, 0.717) is 5.56 Å². The molecule has 284 valence electrons. The molecule has 4 heteroatoms. The Hall–Kier alpha value is -6.15. The zero-order valence-corrected chi connectivity index (χ0v) is 35.2. The third-order valence-corrected chi connectivity index (χ3v) is 13.6. The highest BCUT2D eigenvalue weighted by molar-refractivity contribution is 7.26. The van der Waals surface area contributed by atoms with Crippen LogP contribution >= 0.6 is 11.3 Å². The van der Waals surface area contributed by atoms with E-state index in [1.165, 1.54) is 53.6 Å². The van der Waals surface area contributed by atoms with Gasteiger partial charge in [0.15, 0.2) is 0 Å². The summed E-state index contributed by atoms with van der Waals surface area (Å²) < 4.78 is 9.22. The molecule has 0 aliphatic heterocycles. The van der Waals surface area contributed by atoms with Crippen LogP contribution in [0.3, 0.4) is 0 Å². The summed E-state index contributed by atoms with van der Waals surface area (Å²) >= 11 is 1.94. The number of hydrogen-bond acceptors (Lipinski definition) is 4. The second-order valence-corrected chi connectivity index (χ2v) is 19.6. The van der Waals surface area contributed by atoms with Crippen LogP contribution in [0.25, 0.3) is 64.4 Å². The fourth-order valence-corrected chi connectivity index (χ4v) is 10.7. The molecule has 0 fully saturated rings. The molecule has 2 heterocycles. The zero-order valence-electron chi connectivity index (χ0n) is 34.4. The number of hydrogen-bond donors (Lipinski definition) is 0. The fourth-order valence-electron chi connectivity index (χ4n) is 9.25. The Balaban J connectivity index is 1.26. The van der Waals surface area contributed by atoms with Gasteiger partial charge in [0.05, 0.1) is 17.3 Å². The molecule has 1 aliphatic carbocycles. The second kappa shape index (κ2) is 12.7. The lowest BCUT2D eigenvalue weighted by molar-refractivity contribution is 0.573. The summed E-state index contributed by atoms with van der Waals surface area (Å²) in [6.45, 7) is 18.8. The normalized spacial score (nSPS) is 13.6.